The summed E-state index contributed by atoms with van der Waals surface area (Å²) >= 11 is 2.78. The number of aryl methyl sites for hydroxylation is 2. The van der Waals surface area contributed by atoms with Crippen LogP contribution < -0.4 is 0 Å². The molecule has 0 aliphatic carbocycles. The molecular formula is C24H18N4O2S2. The molecule has 2 aromatic carbocycles. The summed E-state index contributed by atoms with van der Waals surface area (Å²) in [5.41, 5.74) is 3.41. The van der Waals surface area contributed by atoms with Gasteiger partial charge in [0.2, 0.25) is 5.17 Å². The Morgan fingerprint density at radius 2 is 1.69 bits per heavy atom. The van der Waals surface area contributed by atoms with Crippen molar-refractivity contribution in [1.29, 1.82) is 5.41 Å². The van der Waals surface area contributed by atoms with E-state index in [2.05, 4.69) is 10.1 Å². The molecule has 3 heterocycles. The quantitative estimate of drug-likeness (QED) is 0.506. The SMILES string of the molecule is Cc1ccc(Sc2ccc(/C=C3\C(=N)N4N=C(c5ccc(C)cc5)SC4=NC3=O)o2)cc1. The Morgan fingerprint density at radius 3 is 2.41 bits per heavy atom. The number of amides is 1. The Balaban J connectivity index is 1.38. The number of hydrogen-bond donors (Lipinski definition) is 1. The second-order valence-corrected chi connectivity index (χ2v) is 9.40. The number of hydrazone groups is 1. The molecule has 8 heteroatoms. The third-order valence-corrected chi connectivity index (χ3v) is 6.77. The van der Waals surface area contributed by atoms with Crippen LogP contribution in [0.25, 0.3) is 6.08 Å². The van der Waals surface area contributed by atoms with Gasteiger partial charge in [0, 0.05) is 10.5 Å². The van der Waals surface area contributed by atoms with E-state index in [1.54, 1.807) is 12.1 Å². The number of thioether (sulfide) groups is 1. The van der Waals surface area contributed by atoms with E-state index >= 15 is 0 Å². The fraction of sp³-hybridized carbons (Fsp3) is 0.0833. The summed E-state index contributed by atoms with van der Waals surface area (Å²) in [6, 6.07) is 19.7. The Kier molecular flexibility index (Phi) is 5.32. The molecule has 0 atom stereocenters. The third kappa shape index (κ3) is 4.06. The molecule has 2 aliphatic rings. The molecular weight excluding hydrogens is 440 g/mol. The van der Waals surface area contributed by atoms with Crippen molar-refractivity contribution in [1.82, 2.24) is 5.01 Å². The number of benzene rings is 2. The van der Waals surface area contributed by atoms with Gasteiger partial charge in [-0.3, -0.25) is 10.2 Å². The molecule has 158 valence electrons. The lowest BCUT2D eigenvalue weighted by molar-refractivity contribution is -0.114. The first kappa shape index (κ1) is 20.5. The van der Waals surface area contributed by atoms with E-state index in [9.17, 15) is 4.79 Å². The van der Waals surface area contributed by atoms with Crippen molar-refractivity contribution in [3.05, 3.63) is 88.7 Å². The molecule has 6 nitrogen and oxygen atoms in total. The van der Waals surface area contributed by atoms with Crippen LogP contribution >= 0.6 is 23.5 Å². The smallest absolute Gasteiger partial charge is 0.283 e. The van der Waals surface area contributed by atoms with Gasteiger partial charge in [0.1, 0.15) is 10.8 Å². The minimum atomic E-state index is -0.474. The van der Waals surface area contributed by atoms with Crippen LogP contribution in [0, 0.1) is 19.3 Å². The number of nitrogens with zero attached hydrogens (tertiary/aromatic N) is 3. The highest BCUT2D eigenvalue weighted by Gasteiger charge is 2.36. The fourth-order valence-electron chi connectivity index (χ4n) is 3.14. The molecule has 0 radical (unpaired) electrons. The van der Waals surface area contributed by atoms with Crippen LogP contribution in [0.5, 0.6) is 0 Å². The molecule has 0 saturated carbocycles. The minimum absolute atomic E-state index is 0.0150. The van der Waals surface area contributed by atoms with Gasteiger partial charge in [-0.1, -0.05) is 59.3 Å². The second kappa shape index (κ2) is 8.29. The van der Waals surface area contributed by atoms with Crippen molar-refractivity contribution in [3.63, 3.8) is 0 Å². The highest BCUT2D eigenvalue weighted by molar-refractivity contribution is 8.27. The number of aliphatic imine (C=N–C) groups is 1. The van der Waals surface area contributed by atoms with Crippen LogP contribution in [0.2, 0.25) is 0 Å². The maximum atomic E-state index is 12.6. The number of fused-ring (bicyclic) bond motifs is 1. The van der Waals surface area contributed by atoms with E-state index in [4.69, 9.17) is 9.83 Å². The normalized spacial score (nSPS) is 16.9. The number of amidine groups is 2. The number of furan rings is 1. The Hall–Kier alpha value is -3.36. The van der Waals surface area contributed by atoms with Gasteiger partial charge in [-0.25, -0.2) is 0 Å². The summed E-state index contributed by atoms with van der Waals surface area (Å²) in [6.07, 6.45) is 1.55. The van der Waals surface area contributed by atoms with E-state index in [1.807, 2.05) is 68.4 Å². The number of carbonyl (C=O) groups is 1. The molecule has 0 saturated heterocycles. The number of hydrogen-bond acceptors (Lipinski definition) is 6. The third-order valence-electron chi connectivity index (χ3n) is 4.88. The van der Waals surface area contributed by atoms with Crippen LogP contribution in [0.15, 0.2) is 90.7 Å². The molecule has 32 heavy (non-hydrogen) atoms. The van der Waals surface area contributed by atoms with Crippen LogP contribution in [-0.4, -0.2) is 27.0 Å². The van der Waals surface area contributed by atoms with Gasteiger partial charge in [-0.2, -0.15) is 15.1 Å². The first-order valence-corrected chi connectivity index (χ1v) is 11.5. The summed E-state index contributed by atoms with van der Waals surface area (Å²) < 4.78 is 5.86. The van der Waals surface area contributed by atoms with Crippen LogP contribution in [0.4, 0.5) is 0 Å². The topological polar surface area (TPSA) is 82.0 Å². The first-order chi connectivity index (χ1) is 15.5. The monoisotopic (exact) mass is 458 g/mol. The van der Waals surface area contributed by atoms with Crippen molar-refractivity contribution in [2.45, 2.75) is 23.8 Å². The van der Waals surface area contributed by atoms with Gasteiger partial charge in [0.05, 0.1) is 5.57 Å². The average Bonchev–Trinajstić information content (AvgIpc) is 3.40. The Bertz CT molecular complexity index is 1320. The Labute approximate surface area is 193 Å². The fourth-order valence-corrected chi connectivity index (χ4v) is 4.81. The van der Waals surface area contributed by atoms with Crippen molar-refractivity contribution in [3.8, 4) is 0 Å². The predicted octanol–water partition coefficient (Wildman–Crippen LogP) is 5.72. The maximum Gasteiger partial charge on any atom is 0.283 e. The standard InChI is InChI=1S/C24H18N4O2S2/c1-14-3-7-16(8-4-14)23-27-28-21(25)19(22(29)26-24(28)32-23)13-17-9-12-20(30-17)31-18-10-5-15(2)6-11-18/h3-13,25H,1-2H3/b19-13+,25-21?. The zero-order valence-electron chi connectivity index (χ0n) is 17.3. The summed E-state index contributed by atoms with van der Waals surface area (Å²) in [7, 11) is 0. The van der Waals surface area contributed by atoms with E-state index in [-0.39, 0.29) is 11.4 Å². The van der Waals surface area contributed by atoms with Crippen LogP contribution in [0.1, 0.15) is 22.5 Å². The molecule has 1 amide bonds. The molecule has 5 rings (SSSR count). The summed E-state index contributed by atoms with van der Waals surface area (Å²) in [6.45, 7) is 4.06. The van der Waals surface area contributed by atoms with Crippen molar-refractivity contribution >= 4 is 51.6 Å². The van der Waals surface area contributed by atoms with Crippen LogP contribution in [-0.2, 0) is 4.79 Å². The lowest BCUT2D eigenvalue weighted by Gasteiger charge is -2.19. The lowest BCUT2D eigenvalue weighted by atomic mass is 10.1. The van der Waals surface area contributed by atoms with E-state index < -0.39 is 5.91 Å². The van der Waals surface area contributed by atoms with E-state index in [0.29, 0.717) is 21.1 Å². The molecule has 0 fully saturated rings. The summed E-state index contributed by atoms with van der Waals surface area (Å²) in [5.74, 6) is -0.00191. The van der Waals surface area contributed by atoms with Crippen molar-refractivity contribution in [2.24, 2.45) is 10.1 Å². The zero-order valence-corrected chi connectivity index (χ0v) is 19.0. The second-order valence-electron chi connectivity index (χ2n) is 7.36. The van der Waals surface area contributed by atoms with Gasteiger partial charge in [-0.05, 0) is 56.0 Å². The maximum absolute atomic E-state index is 12.6. The number of nitrogens with one attached hydrogen (secondary N) is 1. The molecule has 0 bridgehead atoms. The lowest BCUT2D eigenvalue weighted by Crippen LogP contribution is -2.35. The average molecular weight is 459 g/mol. The summed E-state index contributed by atoms with van der Waals surface area (Å²) in [5, 5.41) is 16.3. The minimum Gasteiger partial charge on any atom is -0.450 e. The summed E-state index contributed by atoms with van der Waals surface area (Å²) in [4.78, 5) is 17.8. The zero-order chi connectivity index (χ0) is 22.2. The highest BCUT2D eigenvalue weighted by atomic mass is 32.2. The first-order valence-electron chi connectivity index (χ1n) is 9.88. The molecule has 2 aliphatic heterocycles. The molecule has 3 aromatic rings. The van der Waals surface area contributed by atoms with E-state index in [0.717, 1.165) is 16.0 Å². The predicted molar refractivity (Wildman–Crippen MR) is 129 cm³/mol. The van der Waals surface area contributed by atoms with Crippen molar-refractivity contribution in [2.75, 3.05) is 0 Å². The van der Waals surface area contributed by atoms with Gasteiger partial charge in [-0.15, -0.1) is 0 Å². The molecule has 0 unspecified atom stereocenters. The van der Waals surface area contributed by atoms with Gasteiger partial charge in [0.15, 0.2) is 10.9 Å². The van der Waals surface area contributed by atoms with Gasteiger partial charge in [0.25, 0.3) is 5.91 Å². The number of carbonyl (C=O) groups excluding carboxylic acids is 1. The molecule has 1 aromatic heterocycles. The molecule has 0 spiro atoms. The highest BCUT2D eigenvalue weighted by Crippen LogP contribution is 2.33. The largest absolute Gasteiger partial charge is 0.450 e. The van der Waals surface area contributed by atoms with Gasteiger partial charge >= 0.3 is 0 Å². The number of rotatable bonds is 4. The van der Waals surface area contributed by atoms with Gasteiger partial charge < -0.3 is 4.42 Å². The van der Waals surface area contributed by atoms with E-state index in [1.165, 1.54) is 34.1 Å². The van der Waals surface area contributed by atoms with Crippen LogP contribution in [0.3, 0.4) is 0 Å². The van der Waals surface area contributed by atoms with Crippen molar-refractivity contribution < 1.29 is 9.21 Å². The Morgan fingerprint density at radius 1 is 1.00 bits per heavy atom. The molecule has 1 N–H and O–H groups in total.